The second kappa shape index (κ2) is 6.02. The van der Waals surface area contributed by atoms with Gasteiger partial charge in [0.25, 0.3) is 0 Å². The summed E-state index contributed by atoms with van der Waals surface area (Å²) in [7, 11) is 3.55. The molecule has 4 bridgehead atoms. The number of likely N-dealkylation sites (tertiary alicyclic amines) is 1. The Bertz CT molecular complexity index is 915. The summed E-state index contributed by atoms with van der Waals surface area (Å²) in [6.45, 7) is 7.94. The molecule has 0 radical (unpaired) electrons. The predicted molar refractivity (Wildman–Crippen MR) is 114 cm³/mol. The number of piperidine rings is 1. The van der Waals surface area contributed by atoms with Crippen molar-refractivity contribution in [3.63, 3.8) is 0 Å². The number of hydrogen-bond donors (Lipinski definition) is 1. The molecule has 1 N–H and O–H groups in total. The monoisotopic (exact) mass is 411 g/mol. The van der Waals surface area contributed by atoms with E-state index in [0.29, 0.717) is 6.04 Å². The number of benzene rings is 1. The lowest BCUT2D eigenvalue weighted by atomic mass is 9.34. The molecule has 2 spiro atoms. The molecule has 0 amide bonds. The SMILES string of the molecule is C=CCN1CC[C@]23c4c5ccc(OC)c4O[C@H]2[C@@]2(OC)CC[C@@]3(C[C@@H]2C(C)O)[C@H]1C5. The molecule has 2 heterocycles. The van der Waals surface area contributed by atoms with Crippen LogP contribution < -0.4 is 9.47 Å². The van der Waals surface area contributed by atoms with Gasteiger partial charge in [0.1, 0.15) is 11.7 Å². The fraction of sp³-hybridized carbons (Fsp3) is 0.680. The van der Waals surface area contributed by atoms with Crippen molar-refractivity contribution in [1.82, 2.24) is 4.90 Å². The number of aliphatic hydroxyl groups is 1. The first-order valence-corrected chi connectivity index (χ1v) is 11.4. The van der Waals surface area contributed by atoms with Crippen LogP contribution in [0.3, 0.4) is 0 Å². The Hall–Kier alpha value is -1.56. The third-order valence-electron chi connectivity index (χ3n) is 9.67. The fourth-order valence-corrected chi connectivity index (χ4v) is 8.71. The highest BCUT2D eigenvalue weighted by Crippen LogP contribution is 2.76. The molecule has 1 aromatic carbocycles. The molecule has 162 valence electrons. The molecule has 1 unspecified atom stereocenters. The lowest BCUT2D eigenvalue weighted by molar-refractivity contribution is -0.288. The Labute approximate surface area is 179 Å². The molecule has 4 aliphatic carbocycles. The van der Waals surface area contributed by atoms with Crippen LogP contribution in [0, 0.1) is 11.3 Å². The normalized spacial score (nSPS) is 43.7. The van der Waals surface area contributed by atoms with E-state index >= 15 is 0 Å². The van der Waals surface area contributed by atoms with E-state index in [0.717, 1.165) is 56.7 Å². The summed E-state index contributed by atoms with van der Waals surface area (Å²) in [6, 6.07) is 4.77. The van der Waals surface area contributed by atoms with Gasteiger partial charge in [0.05, 0.1) is 13.2 Å². The van der Waals surface area contributed by atoms with Crippen LogP contribution in [0.2, 0.25) is 0 Å². The van der Waals surface area contributed by atoms with Gasteiger partial charge in [-0.15, -0.1) is 6.58 Å². The van der Waals surface area contributed by atoms with E-state index in [4.69, 9.17) is 14.2 Å². The number of methoxy groups -OCH3 is 2. The molecule has 6 aliphatic rings. The van der Waals surface area contributed by atoms with Crippen molar-refractivity contribution in [3.05, 3.63) is 35.9 Å². The molecule has 3 saturated carbocycles. The highest BCUT2D eigenvalue weighted by atomic mass is 16.6. The van der Waals surface area contributed by atoms with E-state index < -0.39 is 11.7 Å². The molecule has 0 aromatic heterocycles. The Kier molecular flexibility index (Phi) is 3.84. The van der Waals surface area contributed by atoms with Crippen LogP contribution in [0.5, 0.6) is 11.5 Å². The summed E-state index contributed by atoms with van der Waals surface area (Å²) in [5.74, 6) is 1.84. The van der Waals surface area contributed by atoms with Crippen molar-refractivity contribution in [3.8, 4) is 11.5 Å². The average Bonchev–Trinajstić information content (AvgIpc) is 3.12. The number of aliphatic hydroxyl groups excluding tert-OH is 1. The van der Waals surface area contributed by atoms with Gasteiger partial charge in [-0.3, -0.25) is 4.90 Å². The second-order valence-corrected chi connectivity index (χ2v) is 10.2. The molecule has 5 heteroatoms. The molecule has 7 atom stereocenters. The summed E-state index contributed by atoms with van der Waals surface area (Å²) in [6.07, 6.45) is 6.70. The smallest absolute Gasteiger partial charge is 0.165 e. The van der Waals surface area contributed by atoms with Gasteiger partial charge >= 0.3 is 0 Å². The minimum atomic E-state index is -0.459. The van der Waals surface area contributed by atoms with E-state index in [1.807, 2.05) is 20.1 Å². The topological polar surface area (TPSA) is 51.2 Å². The van der Waals surface area contributed by atoms with Crippen molar-refractivity contribution >= 4 is 0 Å². The summed E-state index contributed by atoms with van der Waals surface area (Å²) >= 11 is 0. The summed E-state index contributed by atoms with van der Waals surface area (Å²) < 4.78 is 19.0. The zero-order chi connectivity index (χ0) is 20.9. The van der Waals surface area contributed by atoms with E-state index in [2.05, 4.69) is 23.6 Å². The van der Waals surface area contributed by atoms with Crippen LogP contribution in [0.4, 0.5) is 0 Å². The van der Waals surface area contributed by atoms with Crippen molar-refractivity contribution in [2.45, 2.75) is 68.3 Å². The first-order chi connectivity index (χ1) is 14.5. The lowest BCUT2D eigenvalue weighted by Crippen LogP contribution is -2.81. The van der Waals surface area contributed by atoms with Gasteiger partial charge in [-0.2, -0.15) is 0 Å². The third-order valence-corrected chi connectivity index (χ3v) is 9.67. The van der Waals surface area contributed by atoms with Gasteiger partial charge in [-0.25, -0.2) is 0 Å². The van der Waals surface area contributed by atoms with Crippen LogP contribution in [-0.4, -0.2) is 61.2 Å². The van der Waals surface area contributed by atoms with Crippen molar-refractivity contribution in [2.75, 3.05) is 27.3 Å². The Morgan fingerprint density at radius 3 is 2.87 bits per heavy atom. The largest absolute Gasteiger partial charge is 0.493 e. The average molecular weight is 412 g/mol. The maximum Gasteiger partial charge on any atom is 0.165 e. The zero-order valence-electron chi connectivity index (χ0n) is 18.3. The fourth-order valence-electron chi connectivity index (χ4n) is 8.71. The van der Waals surface area contributed by atoms with Gasteiger partial charge in [-0.1, -0.05) is 12.1 Å². The highest BCUT2D eigenvalue weighted by molar-refractivity contribution is 5.63. The van der Waals surface area contributed by atoms with Crippen molar-refractivity contribution in [2.24, 2.45) is 11.3 Å². The molecule has 1 aromatic rings. The number of hydrogen-bond acceptors (Lipinski definition) is 5. The van der Waals surface area contributed by atoms with Crippen LogP contribution >= 0.6 is 0 Å². The molecule has 2 aliphatic heterocycles. The van der Waals surface area contributed by atoms with Crippen molar-refractivity contribution < 1.29 is 19.3 Å². The van der Waals surface area contributed by atoms with E-state index in [1.165, 1.54) is 11.1 Å². The van der Waals surface area contributed by atoms with Crippen LogP contribution in [0.25, 0.3) is 0 Å². The van der Waals surface area contributed by atoms with E-state index in [1.54, 1.807) is 7.11 Å². The Morgan fingerprint density at radius 2 is 2.17 bits per heavy atom. The summed E-state index contributed by atoms with van der Waals surface area (Å²) in [5, 5.41) is 10.9. The maximum absolute atomic E-state index is 10.9. The van der Waals surface area contributed by atoms with E-state index in [9.17, 15) is 5.11 Å². The van der Waals surface area contributed by atoms with Gasteiger partial charge < -0.3 is 19.3 Å². The second-order valence-electron chi connectivity index (χ2n) is 10.2. The Balaban J connectivity index is 1.65. The number of rotatable bonds is 5. The van der Waals surface area contributed by atoms with Crippen LogP contribution in [0.1, 0.15) is 43.7 Å². The molecular weight excluding hydrogens is 378 g/mol. The van der Waals surface area contributed by atoms with Crippen LogP contribution in [-0.2, 0) is 16.6 Å². The minimum Gasteiger partial charge on any atom is -0.493 e. The van der Waals surface area contributed by atoms with Gasteiger partial charge in [0.2, 0.25) is 0 Å². The lowest BCUT2D eigenvalue weighted by Gasteiger charge is -2.74. The van der Waals surface area contributed by atoms with Gasteiger partial charge in [0, 0.05) is 42.0 Å². The quantitative estimate of drug-likeness (QED) is 0.755. The molecular formula is C25H33NO4. The minimum absolute atomic E-state index is 0.0631. The maximum atomic E-state index is 10.9. The molecule has 4 fully saturated rings. The highest BCUT2D eigenvalue weighted by Gasteiger charge is 2.80. The van der Waals surface area contributed by atoms with E-state index in [-0.39, 0.29) is 22.9 Å². The van der Waals surface area contributed by atoms with Crippen LogP contribution in [0.15, 0.2) is 24.8 Å². The molecule has 30 heavy (non-hydrogen) atoms. The molecule has 5 nitrogen and oxygen atoms in total. The molecule has 1 saturated heterocycles. The van der Waals surface area contributed by atoms with Gasteiger partial charge in [0.15, 0.2) is 11.5 Å². The number of ether oxygens (including phenoxy) is 3. The van der Waals surface area contributed by atoms with Crippen molar-refractivity contribution in [1.29, 1.82) is 0 Å². The number of nitrogens with zero attached hydrogens (tertiary/aromatic N) is 1. The first kappa shape index (κ1) is 19.1. The first-order valence-electron chi connectivity index (χ1n) is 11.4. The molecule has 7 rings (SSSR count). The number of fused-ring (bicyclic) bond motifs is 2. The standard InChI is InChI=1S/C25H33NO4/c1-5-11-26-12-10-24-20-16-6-7-18(28-3)21(20)30-22(24)25(29-4)9-8-23(24,19(26)13-16)14-17(25)15(2)27/h5-7,15,17,19,22,27H,1,8-14H2,2-4H3/t15?,17-,19-,22-,23-,24+,25-/m1/s1. The predicted octanol–water partition coefficient (Wildman–Crippen LogP) is 3.08. The summed E-state index contributed by atoms with van der Waals surface area (Å²) in [5.41, 5.74) is 2.37. The van der Waals surface area contributed by atoms with Gasteiger partial charge in [-0.05, 0) is 57.2 Å². The summed E-state index contributed by atoms with van der Waals surface area (Å²) in [4.78, 5) is 2.64. The Morgan fingerprint density at radius 1 is 1.33 bits per heavy atom. The third kappa shape index (κ3) is 1.84. The zero-order valence-corrected chi connectivity index (χ0v) is 18.3.